The van der Waals surface area contributed by atoms with Crippen molar-refractivity contribution in [3.8, 4) is 0 Å². The number of amides is 2. The Morgan fingerprint density at radius 3 is 2.60 bits per heavy atom. The minimum absolute atomic E-state index is 0.0513. The van der Waals surface area contributed by atoms with Crippen molar-refractivity contribution in [3.63, 3.8) is 0 Å². The highest BCUT2D eigenvalue weighted by Gasteiger charge is 2.08. The average molecular weight is 289 g/mol. The average Bonchev–Trinajstić information content (AvgIpc) is 2.83. The fraction of sp³-hybridized carbons (Fsp3) is 0.214. The molecule has 0 saturated heterocycles. The molecule has 0 aliphatic rings. The minimum atomic E-state index is -0.277. The predicted octanol–water partition coefficient (Wildman–Crippen LogP) is 1.75. The Hall–Kier alpha value is -2.21. The summed E-state index contributed by atoms with van der Waals surface area (Å²) in [5, 5.41) is 7.62. The van der Waals surface area contributed by atoms with E-state index in [9.17, 15) is 9.59 Å². The van der Waals surface area contributed by atoms with Crippen LogP contribution in [0.15, 0.2) is 35.7 Å². The normalized spacial score (nSPS) is 10.1. The number of thiazole rings is 1. The van der Waals surface area contributed by atoms with Gasteiger partial charge in [0.2, 0.25) is 11.8 Å². The zero-order valence-corrected chi connectivity index (χ0v) is 11.9. The maximum absolute atomic E-state index is 11.7. The molecule has 0 bridgehead atoms. The molecule has 104 valence electrons. The molecule has 0 aliphatic heterocycles. The van der Waals surface area contributed by atoms with Crippen molar-refractivity contribution >= 4 is 28.3 Å². The van der Waals surface area contributed by atoms with Gasteiger partial charge in [0.25, 0.3) is 0 Å². The number of aryl methyl sites for hydroxylation is 1. The fourth-order valence-electron chi connectivity index (χ4n) is 1.60. The number of hydrogen-bond acceptors (Lipinski definition) is 4. The monoisotopic (exact) mass is 289 g/mol. The third kappa shape index (κ3) is 4.47. The Kier molecular flexibility index (Phi) is 4.84. The Bertz CT molecular complexity index is 595. The van der Waals surface area contributed by atoms with E-state index in [4.69, 9.17) is 0 Å². The van der Waals surface area contributed by atoms with E-state index in [0.29, 0.717) is 5.13 Å². The van der Waals surface area contributed by atoms with Gasteiger partial charge in [-0.3, -0.25) is 9.59 Å². The summed E-state index contributed by atoms with van der Waals surface area (Å²) in [6, 6.07) is 9.39. The standard InChI is InChI=1S/C14H15N3O2S/c1-10-9-20-14(16-10)17-13(19)8-15-12(18)7-11-5-3-2-4-6-11/h2-6,9H,7-8H2,1H3,(H,15,18)(H,16,17,19). The molecule has 2 amide bonds. The largest absolute Gasteiger partial charge is 0.347 e. The van der Waals surface area contributed by atoms with Gasteiger partial charge in [0, 0.05) is 5.38 Å². The second-order valence-corrected chi connectivity index (χ2v) is 5.14. The predicted molar refractivity (Wildman–Crippen MR) is 78.6 cm³/mol. The van der Waals surface area contributed by atoms with Crippen LogP contribution in [0.3, 0.4) is 0 Å². The van der Waals surface area contributed by atoms with Crippen molar-refractivity contribution in [2.75, 3.05) is 11.9 Å². The summed E-state index contributed by atoms with van der Waals surface area (Å²) in [4.78, 5) is 27.4. The van der Waals surface area contributed by atoms with Crippen molar-refractivity contribution in [1.29, 1.82) is 0 Å². The lowest BCUT2D eigenvalue weighted by atomic mass is 10.1. The molecule has 2 N–H and O–H groups in total. The highest BCUT2D eigenvalue weighted by molar-refractivity contribution is 7.13. The molecule has 2 rings (SSSR count). The summed E-state index contributed by atoms with van der Waals surface area (Å²) in [6.45, 7) is 1.80. The number of hydrogen-bond donors (Lipinski definition) is 2. The molecule has 0 aliphatic carbocycles. The maximum atomic E-state index is 11.7. The van der Waals surface area contributed by atoms with Gasteiger partial charge in [-0.1, -0.05) is 30.3 Å². The van der Waals surface area contributed by atoms with Gasteiger partial charge in [-0.25, -0.2) is 4.98 Å². The fourth-order valence-corrected chi connectivity index (χ4v) is 2.30. The summed E-state index contributed by atoms with van der Waals surface area (Å²) in [5.74, 6) is -0.456. The van der Waals surface area contributed by atoms with Crippen molar-refractivity contribution in [1.82, 2.24) is 10.3 Å². The molecule has 0 unspecified atom stereocenters. The van der Waals surface area contributed by atoms with Gasteiger partial charge in [0.15, 0.2) is 5.13 Å². The van der Waals surface area contributed by atoms with Gasteiger partial charge < -0.3 is 10.6 Å². The zero-order valence-electron chi connectivity index (χ0n) is 11.1. The number of rotatable bonds is 5. The topological polar surface area (TPSA) is 71.1 Å². The first kappa shape index (κ1) is 14.2. The molecule has 20 heavy (non-hydrogen) atoms. The summed E-state index contributed by atoms with van der Waals surface area (Å²) < 4.78 is 0. The second kappa shape index (κ2) is 6.81. The van der Waals surface area contributed by atoms with E-state index in [1.165, 1.54) is 11.3 Å². The molecule has 0 radical (unpaired) electrons. The van der Waals surface area contributed by atoms with Gasteiger partial charge >= 0.3 is 0 Å². The summed E-state index contributed by atoms with van der Waals surface area (Å²) in [5.41, 5.74) is 1.78. The van der Waals surface area contributed by atoms with Gasteiger partial charge in [-0.05, 0) is 12.5 Å². The van der Waals surface area contributed by atoms with Crippen LogP contribution in [0.1, 0.15) is 11.3 Å². The molecule has 0 saturated carbocycles. The van der Waals surface area contributed by atoms with Crippen molar-refractivity contribution in [3.05, 3.63) is 47.0 Å². The van der Waals surface area contributed by atoms with E-state index in [-0.39, 0.29) is 24.8 Å². The number of nitrogens with one attached hydrogen (secondary N) is 2. The molecule has 0 spiro atoms. The van der Waals surface area contributed by atoms with Crippen LogP contribution in [-0.2, 0) is 16.0 Å². The first-order valence-corrected chi connectivity index (χ1v) is 7.04. The van der Waals surface area contributed by atoms with Crippen LogP contribution < -0.4 is 10.6 Å². The number of aromatic nitrogens is 1. The van der Waals surface area contributed by atoms with Crippen LogP contribution in [0.2, 0.25) is 0 Å². The third-order valence-electron chi connectivity index (χ3n) is 2.52. The smallest absolute Gasteiger partial charge is 0.245 e. The van der Waals surface area contributed by atoms with Gasteiger partial charge in [-0.15, -0.1) is 11.3 Å². The number of anilines is 1. The summed E-state index contributed by atoms with van der Waals surface area (Å²) >= 11 is 1.36. The molecule has 2 aromatic rings. The van der Waals surface area contributed by atoms with Crippen molar-refractivity contribution in [2.24, 2.45) is 0 Å². The van der Waals surface area contributed by atoms with Crippen LogP contribution in [0, 0.1) is 6.92 Å². The molecule has 5 nitrogen and oxygen atoms in total. The minimum Gasteiger partial charge on any atom is -0.347 e. The van der Waals surface area contributed by atoms with Gasteiger partial charge in [0.05, 0.1) is 18.7 Å². The first-order chi connectivity index (χ1) is 9.63. The Morgan fingerprint density at radius 1 is 1.20 bits per heavy atom. The van der Waals surface area contributed by atoms with Gasteiger partial charge in [-0.2, -0.15) is 0 Å². The van der Waals surface area contributed by atoms with Crippen LogP contribution >= 0.6 is 11.3 Å². The lowest BCUT2D eigenvalue weighted by Gasteiger charge is -2.05. The van der Waals surface area contributed by atoms with E-state index >= 15 is 0 Å². The molecule has 6 heteroatoms. The summed E-state index contributed by atoms with van der Waals surface area (Å²) in [7, 11) is 0. The van der Waals surface area contributed by atoms with Crippen molar-refractivity contribution < 1.29 is 9.59 Å². The lowest BCUT2D eigenvalue weighted by molar-refractivity contribution is -0.123. The molecular formula is C14H15N3O2S. The van der Waals surface area contributed by atoms with Crippen LogP contribution in [0.4, 0.5) is 5.13 Å². The van der Waals surface area contributed by atoms with E-state index < -0.39 is 0 Å². The Labute approximate surface area is 121 Å². The third-order valence-corrected chi connectivity index (χ3v) is 3.39. The van der Waals surface area contributed by atoms with Crippen LogP contribution in [0.25, 0.3) is 0 Å². The molecular weight excluding hydrogens is 274 g/mol. The van der Waals surface area contributed by atoms with E-state index in [1.807, 2.05) is 42.6 Å². The Balaban J connectivity index is 1.74. The number of carbonyl (C=O) groups is 2. The number of nitrogens with zero attached hydrogens (tertiary/aromatic N) is 1. The van der Waals surface area contributed by atoms with Crippen LogP contribution in [0.5, 0.6) is 0 Å². The molecule has 0 atom stereocenters. The second-order valence-electron chi connectivity index (χ2n) is 4.28. The van der Waals surface area contributed by atoms with E-state index in [1.54, 1.807) is 0 Å². The quantitative estimate of drug-likeness (QED) is 0.881. The maximum Gasteiger partial charge on any atom is 0.245 e. The SMILES string of the molecule is Cc1csc(NC(=O)CNC(=O)Cc2ccccc2)n1. The number of benzene rings is 1. The van der Waals surface area contributed by atoms with Crippen molar-refractivity contribution in [2.45, 2.75) is 13.3 Å². The lowest BCUT2D eigenvalue weighted by Crippen LogP contribution is -2.33. The van der Waals surface area contributed by atoms with Gasteiger partial charge in [0.1, 0.15) is 0 Å². The highest BCUT2D eigenvalue weighted by Crippen LogP contribution is 2.13. The highest BCUT2D eigenvalue weighted by atomic mass is 32.1. The molecule has 1 heterocycles. The zero-order chi connectivity index (χ0) is 14.4. The summed E-state index contributed by atoms with van der Waals surface area (Å²) in [6.07, 6.45) is 0.268. The Morgan fingerprint density at radius 2 is 1.95 bits per heavy atom. The molecule has 0 fully saturated rings. The van der Waals surface area contributed by atoms with E-state index in [0.717, 1.165) is 11.3 Å². The molecule has 1 aromatic heterocycles. The van der Waals surface area contributed by atoms with Crippen LogP contribution in [-0.4, -0.2) is 23.3 Å². The van der Waals surface area contributed by atoms with E-state index in [2.05, 4.69) is 15.6 Å². The first-order valence-electron chi connectivity index (χ1n) is 6.16. The number of carbonyl (C=O) groups excluding carboxylic acids is 2. The molecule has 1 aromatic carbocycles.